The van der Waals surface area contributed by atoms with Crippen LogP contribution in [0, 0.1) is 0 Å². The third-order valence-electron chi connectivity index (χ3n) is 4.33. The molecule has 1 aromatic heterocycles. The molecule has 0 saturated carbocycles. The van der Waals surface area contributed by atoms with Gasteiger partial charge in [-0.3, -0.25) is 4.79 Å². The minimum absolute atomic E-state index is 0.167. The van der Waals surface area contributed by atoms with Crippen molar-refractivity contribution in [3.63, 3.8) is 0 Å². The van der Waals surface area contributed by atoms with E-state index in [-0.39, 0.29) is 5.56 Å². The number of hydrogen-bond donors (Lipinski definition) is 0. The van der Waals surface area contributed by atoms with Crippen LogP contribution in [0.2, 0.25) is 0 Å². The van der Waals surface area contributed by atoms with Crippen molar-refractivity contribution in [3.05, 3.63) is 64.4 Å². The van der Waals surface area contributed by atoms with E-state index in [0.29, 0.717) is 35.5 Å². The predicted octanol–water partition coefficient (Wildman–Crippen LogP) is 3.02. The fraction of sp³-hybridized carbons (Fsp3) is 0.250. The Morgan fingerprint density at radius 1 is 1.12 bits per heavy atom. The van der Waals surface area contributed by atoms with Crippen molar-refractivity contribution in [1.82, 2.24) is 9.55 Å². The smallest absolute Gasteiger partial charge is 0.337 e. The van der Waals surface area contributed by atoms with Crippen molar-refractivity contribution in [1.29, 1.82) is 0 Å². The van der Waals surface area contributed by atoms with Crippen LogP contribution in [0.25, 0.3) is 16.6 Å². The third kappa shape index (κ3) is 3.06. The molecule has 2 aromatic carbocycles. The maximum absolute atomic E-state index is 13.2. The summed E-state index contributed by atoms with van der Waals surface area (Å²) in [6.45, 7) is 5.44. The standard InChI is InChI=1S/C20H21N3O3/c1-4-22(5-2)20-21-17-13-14(19(25)26-3)11-12-16(17)18(24)23(20)15-9-7-6-8-10-15/h6-13H,4-5H2,1-3H3. The summed E-state index contributed by atoms with van der Waals surface area (Å²) in [5.41, 5.74) is 1.44. The molecule has 134 valence electrons. The van der Waals surface area contributed by atoms with Crippen molar-refractivity contribution in [2.45, 2.75) is 13.8 Å². The average molecular weight is 351 g/mol. The summed E-state index contributed by atoms with van der Waals surface area (Å²) in [4.78, 5) is 31.8. The highest BCUT2D eigenvalue weighted by Gasteiger charge is 2.17. The zero-order valence-corrected chi connectivity index (χ0v) is 15.1. The fourth-order valence-corrected chi connectivity index (χ4v) is 2.95. The van der Waals surface area contributed by atoms with E-state index in [1.165, 1.54) is 7.11 Å². The number of methoxy groups -OCH3 is 1. The van der Waals surface area contributed by atoms with Crippen LogP contribution < -0.4 is 10.5 Å². The van der Waals surface area contributed by atoms with E-state index in [0.717, 1.165) is 5.69 Å². The lowest BCUT2D eigenvalue weighted by Crippen LogP contribution is -2.32. The lowest BCUT2D eigenvalue weighted by molar-refractivity contribution is 0.0601. The van der Waals surface area contributed by atoms with Gasteiger partial charge in [-0.05, 0) is 44.2 Å². The van der Waals surface area contributed by atoms with Gasteiger partial charge in [0, 0.05) is 13.1 Å². The molecule has 0 aliphatic heterocycles. The lowest BCUT2D eigenvalue weighted by Gasteiger charge is -2.24. The van der Waals surface area contributed by atoms with Gasteiger partial charge in [0.25, 0.3) is 5.56 Å². The topological polar surface area (TPSA) is 64.4 Å². The normalized spacial score (nSPS) is 10.7. The van der Waals surface area contributed by atoms with Gasteiger partial charge < -0.3 is 9.64 Å². The molecule has 0 bridgehead atoms. The van der Waals surface area contributed by atoms with Crippen LogP contribution in [-0.4, -0.2) is 35.7 Å². The van der Waals surface area contributed by atoms with Gasteiger partial charge in [-0.25, -0.2) is 14.3 Å². The number of ether oxygens (including phenoxy) is 1. The fourth-order valence-electron chi connectivity index (χ4n) is 2.95. The molecule has 26 heavy (non-hydrogen) atoms. The van der Waals surface area contributed by atoms with Crippen molar-refractivity contribution in [3.8, 4) is 5.69 Å². The molecule has 0 aliphatic carbocycles. The molecule has 6 heteroatoms. The average Bonchev–Trinajstić information content (AvgIpc) is 2.68. The van der Waals surface area contributed by atoms with Gasteiger partial charge in [0.1, 0.15) is 0 Å². The molecule has 0 fully saturated rings. The SMILES string of the molecule is CCN(CC)c1nc2cc(C(=O)OC)ccc2c(=O)n1-c1ccccc1. The summed E-state index contributed by atoms with van der Waals surface area (Å²) >= 11 is 0. The van der Waals surface area contributed by atoms with Crippen LogP contribution in [0.1, 0.15) is 24.2 Å². The van der Waals surface area contributed by atoms with Gasteiger partial charge in [-0.15, -0.1) is 0 Å². The highest BCUT2D eigenvalue weighted by Crippen LogP contribution is 2.20. The van der Waals surface area contributed by atoms with Gasteiger partial charge in [0.05, 0.1) is 29.3 Å². The Hall–Kier alpha value is -3.15. The molecule has 1 heterocycles. The lowest BCUT2D eigenvalue weighted by atomic mass is 10.1. The van der Waals surface area contributed by atoms with E-state index in [9.17, 15) is 9.59 Å². The van der Waals surface area contributed by atoms with E-state index in [4.69, 9.17) is 9.72 Å². The third-order valence-corrected chi connectivity index (χ3v) is 4.33. The van der Waals surface area contributed by atoms with Gasteiger partial charge in [-0.1, -0.05) is 18.2 Å². The Labute approximate surface area is 151 Å². The zero-order valence-electron chi connectivity index (χ0n) is 15.1. The second-order valence-electron chi connectivity index (χ2n) is 5.78. The summed E-state index contributed by atoms with van der Waals surface area (Å²) in [6, 6.07) is 14.3. The summed E-state index contributed by atoms with van der Waals surface area (Å²) in [5.74, 6) is 0.103. The Bertz CT molecular complexity index is 992. The van der Waals surface area contributed by atoms with E-state index >= 15 is 0 Å². The van der Waals surface area contributed by atoms with Crippen molar-refractivity contribution in [2.75, 3.05) is 25.1 Å². The van der Waals surface area contributed by atoms with Gasteiger partial charge in [0.2, 0.25) is 5.95 Å². The number of para-hydroxylation sites is 1. The first-order valence-corrected chi connectivity index (χ1v) is 8.56. The number of benzene rings is 2. The Balaban J connectivity index is 2.34. The first-order chi connectivity index (χ1) is 12.6. The minimum Gasteiger partial charge on any atom is -0.465 e. The Kier molecular flexibility index (Phi) is 5.02. The summed E-state index contributed by atoms with van der Waals surface area (Å²) < 4.78 is 6.39. The number of fused-ring (bicyclic) bond motifs is 1. The highest BCUT2D eigenvalue weighted by molar-refractivity contribution is 5.94. The molecule has 6 nitrogen and oxygen atoms in total. The van der Waals surface area contributed by atoms with Crippen molar-refractivity contribution in [2.24, 2.45) is 0 Å². The molecule has 3 aromatic rings. The number of aromatic nitrogens is 2. The quantitative estimate of drug-likeness (QED) is 0.661. The molecule has 0 atom stereocenters. The van der Waals surface area contributed by atoms with Crippen molar-refractivity contribution < 1.29 is 9.53 Å². The number of rotatable bonds is 5. The summed E-state index contributed by atoms with van der Waals surface area (Å²) in [6.07, 6.45) is 0. The van der Waals surface area contributed by atoms with E-state index in [2.05, 4.69) is 0 Å². The molecule has 0 spiro atoms. The highest BCUT2D eigenvalue weighted by atomic mass is 16.5. The number of carbonyl (C=O) groups excluding carboxylic acids is 1. The molecule has 3 rings (SSSR count). The Morgan fingerprint density at radius 3 is 2.42 bits per heavy atom. The maximum atomic E-state index is 13.2. The predicted molar refractivity (Wildman–Crippen MR) is 102 cm³/mol. The van der Waals surface area contributed by atoms with Crippen molar-refractivity contribution >= 4 is 22.8 Å². The monoisotopic (exact) mass is 351 g/mol. The second-order valence-corrected chi connectivity index (χ2v) is 5.78. The molecular formula is C20H21N3O3. The summed E-state index contributed by atoms with van der Waals surface area (Å²) in [7, 11) is 1.33. The van der Waals surface area contributed by atoms with Crippen LogP contribution in [0.4, 0.5) is 5.95 Å². The zero-order chi connectivity index (χ0) is 18.7. The molecule has 0 radical (unpaired) electrons. The largest absolute Gasteiger partial charge is 0.465 e. The van der Waals surface area contributed by atoms with Crippen LogP contribution in [0.5, 0.6) is 0 Å². The number of nitrogens with zero attached hydrogens (tertiary/aromatic N) is 3. The molecule has 0 N–H and O–H groups in total. The molecule has 0 amide bonds. The number of carbonyl (C=O) groups is 1. The molecule has 0 unspecified atom stereocenters. The van der Waals surface area contributed by atoms with Gasteiger partial charge in [-0.2, -0.15) is 0 Å². The van der Waals surface area contributed by atoms with Gasteiger partial charge >= 0.3 is 5.97 Å². The first-order valence-electron chi connectivity index (χ1n) is 8.56. The van der Waals surface area contributed by atoms with E-state index in [1.807, 2.05) is 49.1 Å². The van der Waals surface area contributed by atoms with Crippen LogP contribution in [0.3, 0.4) is 0 Å². The second kappa shape index (κ2) is 7.39. The molecular weight excluding hydrogens is 330 g/mol. The van der Waals surface area contributed by atoms with Crippen LogP contribution >= 0.6 is 0 Å². The maximum Gasteiger partial charge on any atom is 0.337 e. The molecule has 0 saturated heterocycles. The molecule has 0 aliphatic rings. The minimum atomic E-state index is -0.453. The number of hydrogen-bond acceptors (Lipinski definition) is 5. The Morgan fingerprint density at radius 2 is 1.81 bits per heavy atom. The van der Waals surface area contributed by atoms with Gasteiger partial charge in [0.15, 0.2) is 0 Å². The van der Waals surface area contributed by atoms with E-state index < -0.39 is 5.97 Å². The summed E-state index contributed by atoms with van der Waals surface area (Å²) in [5, 5.41) is 0.456. The van der Waals surface area contributed by atoms with Crippen LogP contribution in [0.15, 0.2) is 53.3 Å². The van der Waals surface area contributed by atoms with E-state index in [1.54, 1.807) is 22.8 Å². The van der Waals surface area contributed by atoms with Crippen LogP contribution in [-0.2, 0) is 4.74 Å². The number of anilines is 1. The number of esters is 1. The first kappa shape index (κ1) is 17.7.